The molecule has 0 bridgehead atoms. The minimum absolute atomic E-state index is 0.00222. The second-order valence-corrected chi connectivity index (χ2v) is 5.38. The zero-order valence-corrected chi connectivity index (χ0v) is 13.7. The highest BCUT2D eigenvalue weighted by Crippen LogP contribution is 2.38. The van der Waals surface area contributed by atoms with Crippen LogP contribution in [-0.2, 0) is 0 Å². The molecular formula is C18H22O5. The predicted molar refractivity (Wildman–Crippen MR) is 89.5 cm³/mol. The molecule has 0 saturated heterocycles. The zero-order chi connectivity index (χ0) is 16.8. The van der Waals surface area contributed by atoms with Crippen LogP contribution in [-0.4, -0.2) is 17.8 Å². The van der Waals surface area contributed by atoms with Crippen molar-refractivity contribution in [2.75, 3.05) is 6.61 Å². The smallest absolute Gasteiger partial charge is 0.383 e. The van der Waals surface area contributed by atoms with Crippen molar-refractivity contribution in [1.29, 1.82) is 0 Å². The molecule has 0 fully saturated rings. The van der Waals surface area contributed by atoms with E-state index in [1.807, 2.05) is 32.9 Å². The third-order valence-electron chi connectivity index (χ3n) is 3.11. The molecule has 0 unspecified atom stereocenters. The van der Waals surface area contributed by atoms with Crippen molar-refractivity contribution < 1.29 is 19.0 Å². The van der Waals surface area contributed by atoms with Crippen LogP contribution in [0.3, 0.4) is 0 Å². The lowest BCUT2D eigenvalue weighted by Gasteiger charge is -2.16. The van der Waals surface area contributed by atoms with E-state index in [2.05, 4.69) is 0 Å². The number of fused-ring (bicyclic) bond motifs is 1. The van der Waals surface area contributed by atoms with Crippen LogP contribution in [0.15, 0.2) is 39.6 Å². The number of hydrogen-bond acceptors (Lipinski definition) is 5. The van der Waals surface area contributed by atoms with Gasteiger partial charge >= 0.3 is 5.63 Å². The van der Waals surface area contributed by atoms with Crippen LogP contribution in [0, 0.1) is 0 Å². The van der Waals surface area contributed by atoms with Gasteiger partial charge in [0.25, 0.3) is 0 Å². The monoisotopic (exact) mass is 318 g/mol. The Morgan fingerprint density at radius 2 is 2.04 bits per heavy atom. The summed E-state index contributed by atoms with van der Waals surface area (Å²) < 4.78 is 16.6. The van der Waals surface area contributed by atoms with E-state index in [1.165, 1.54) is 6.07 Å². The van der Waals surface area contributed by atoms with Crippen LogP contribution in [0.2, 0.25) is 0 Å². The lowest BCUT2D eigenvalue weighted by atomic mass is 10.2. The molecule has 0 aliphatic rings. The Morgan fingerprint density at radius 1 is 1.26 bits per heavy atom. The molecule has 2 aromatic rings. The van der Waals surface area contributed by atoms with E-state index in [9.17, 15) is 9.90 Å². The highest BCUT2D eigenvalue weighted by atomic mass is 16.5. The molecular weight excluding hydrogens is 296 g/mol. The highest BCUT2D eigenvalue weighted by Gasteiger charge is 2.21. The van der Waals surface area contributed by atoms with Crippen LogP contribution in [0.1, 0.15) is 33.6 Å². The summed E-state index contributed by atoms with van der Waals surface area (Å²) in [6.45, 7) is 6.06. The van der Waals surface area contributed by atoms with Crippen LogP contribution in [0.4, 0.5) is 0 Å². The standard InChI is InChI=1S/C18H22O5/c1-4-5-6-7-11-21-17-16(22-12(2)3)15-13(19)9-8-10-14(15)23-18(17)20/h5-6,8-10,12,19H,4,7,11H2,1-3H3/b6-5+. The van der Waals surface area contributed by atoms with E-state index < -0.39 is 5.63 Å². The summed E-state index contributed by atoms with van der Waals surface area (Å²) in [5, 5.41) is 10.5. The van der Waals surface area contributed by atoms with Gasteiger partial charge in [0.2, 0.25) is 5.75 Å². The van der Waals surface area contributed by atoms with Crippen molar-refractivity contribution in [3.05, 3.63) is 40.8 Å². The molecule has 1 N–H and O–H groups in total. The number of phenols is 1. The van der Waals surface area contributed by atoms with Crippen molar-refractivity contribution in [3.63, 3.8) is 0 Å². The number of aromatic hydroxyl groups is 1. The molecule has 1 aromatic heterocycles. The number of hydrogen-bond donors (Lipinski definition) is 1. The van der Waals surface area contributed by atoms with Crippen LogP contribution in [0.25, 0.3) is 11.0 Å². The lowest BCUT2D eigenvalue weighted by Crippen LogP contribution is -2.14. The molecule has 1 heterocycles. The van der Waals surface area contributed by atoms with E-state index >= 15 is 0 Å². The molecule has 0 radical (unpaired) electrons. The summed E-state index contributed by atoms with van der Waals surface area (Å²) in [6.07, 6.45) is 5.47. The maximum Gasteiger partial charge on any atom is 0.383 e. The molecule has 0 aliphatic heterocycles. The summed E-state index contributed by atoms with van der Waals surface area (Å²) in [5.74, 6) is 0.207. The first kappa shape index (κ1) is 16.9. The SMILES string of the molecule is CC/C=C/CCOc1c(OC(C)C)c2c(O)cccc2oc1=O. The number of allylic oxidation sites excluding steroid dienone is 1. The fraction of sp³-hybridized carbons (Fsp3) is 0.389. The van der Waals surface area contributed by atoms with Gasteiger partial charge in [0.05, 0.1) is 12.7 Å². The molecule has 5 nitrogen and oxygen atoms in total. The highest BCUT2D eigenvalue weighted by molar-refractivity contribution is 5.91. The van der Waals surface area contributed by atoms with Crippen molar-refractivity contribution in [2.45, 2.75) is 39.7 Å². The third-order valence-corrected chi connectivity index (χ3v) is 3.11. The van der Waals surface area contributed by atoms with Gasteiger partial charge in [-0.25, -0.2) is 4.79 Å². The van der Waals surface area contributed by atoms with E-state index in [0.29, 0.717) is 18.4 Å². The number of ether oxygens (including phenoxy) is 2. The van der Waals surface area contributed by atoms with Gasteiger partial charge in [-0.1, -0.05) is 25.1 Å². The van der Waals surface area contributed by atoms with E-state index in [4.69, 9.17) is 13.9 Å². The Morgan fingerprint density at radius 3 is 2.74 bits per heavy atom. The van der Waals surface area contributed by atoms with E-state index in [1.54, 1.807) is 12.1 Å². The maximum atomic E-state index is 12.2. The Bertz CT molecular complexity index is 743. The average molecular weight is 318 g/mol. The molecule has 23 heavy (non-hydrogen) atoms. The number of phenolic OH excluding ortho intramolecular Hbond substituents is 1. The van der Waals surface area contributed by atoms with Gasteiger partial charge in [0.1, 0.15) is 16.7 Å². The van der Waals surface area contributed by atoms with Crippen LogP contribution >= 0.6 is 0 Å². The van der Waals surface area contributed by atoms with Gasteiger partial charge in [-0.2, -0.15) is 0 Å². The van der Waals surface area contributed by atoms with Gasteiger partial charge in [-0.3, -0.25) is 0 Å². The minimum Gasteiger partial charge on any atom is -0.507 e. The Kier molecular flexibility index (Phi) is 5.68. The first-order valence-electron chi connectivity index (χ1n) is 7.77. The Labute approximate surface area is 135 Å². The van der Waals surface area contributed by atoms with Gasteiger partial charge < -0.3 is 19.0 Å². The lowest BCUT2D eigenvalue weighted by molar-refractivity contribution is 0.219. The van der Waals surface area contributed by atoms with Gasteiger partial charge in [0, 0.05) is 0 Å². The third kappa shape index (κ3) is 4.06. The van der Waals surface area contributed by atoms with Crippen LogP contribution < -0.4 is 15.1 Å². The Balaban J connectivity index is 2.45. The fourth-order valence-corrected chi connectivity index (χ4v) is 2.17. The molecule has 0 atom stereocenters. The summed E-state index contributed by atoms with van der Waals surface area (Å²) >= 11 is 0. The Hall–Kier alpha value is -2.43. The molecule has 1 aromatic carbocycles. The molecule has 124 valence electrons. The second kappa shape index (κ2) is 7.72. The molecule has 0 saturated carbocycles. The number of rotatable bonds is 7. The van der Waals surface area contributed by atoms with Crippen molar-refractivity contribution in [2.24, 2.45) is 0 Å². The van der Waals surface area contributed by atoms with E-state index in [-0.39, 0.29) is 28.9 Å². The molecule has 0 aliphatic carbocycles. The summed E-state index contributed by atoms with van der Waals surface area (Å²) in [7, 11) is 0. The summed E-state index contributed by atoms with van der Waals surface area (Å²) in [5.41, 5.74) is -0.345. The summed E-state index contributed by atoms with van der Waals surface area (Å²) in [4.78, 5) is 12.2. The zero-order valence-electron chi connectivity index (χ0n) is 13.7. The molecule has 2 rings (SSSR count). The first-order chi connectivity index (χ1) is 11.0. The number of benzene rings is 1. The minimum atomic E-state index is -0.613. The topological polar surface area (TPSA) is 68.9 Å². The fourth-order valence-electron chi connectivity index (χ4n) is 2.17. The van der Waals surface area contributed by atoms with Crippen molar-refractivity contribution >= 4 is 11.0 Å². The van der Waals surface area contributed by atoms with Crippen molar-refractivity contribution in [3.8, 4) is 17.2 Å². The van der Waals surface area contributed by atoms with E-state index in [0.717, 1.165) is 6.42 Å². The largest absolute Gasteiger partial charge is 0.507 e. The molecule has 0 amide bonds. The summed E-state index contributed by atoms with van der Waals surface area (Å²) in [6, 6.07) is 4.73. The first-order valence-corrected chi connectivity index (χ1v) is 7.77. The van der Waals surface area contributed by atoms with Gasteiger partial charge in [-0.05, 0) is 38.8 Å². The second-order valence-electron chi connectivity index (χ2n) is 5.38. The normalized spacial score (nSPS) is 11.5. The van der Waals surface area contributed by atoms with Gasteiger partial charge in [0.15, 0.2) is 5.75 Å². The quantitative estimate of drug-likeness (QED) is 0.474. The molecule has 5 heteroatoms. The molecule has 0 spiro atoms. The maximum absolute atomic E-state index is 12.2. The predicted octanol–water partition coefficient (Wildman–Crippen LogP) is 4.02. The average Bonchev–Trinajstić information content (AvgIpc) is 2.48. The van der Waals surface area contributed by atoms with Gasteiger partial charge in [-0.15, -0.1) is 0 Å². The van der Waals surface area contributed by atoms with Crippen molar-refractivity contribution in [1.82, 2.24) is 0 Å². The van der Waals surface area contributed by atoms with Crippen LogP contribution in [0.5, 0.6) is 17.2 Å².